The van der Waals surface area contributed by atoms with Crippen LogP contribution in [-0.2, 0) is 22.5 Å². The summed E-state index contributed by atoms with van der Waals surface area (Å²) in [6.07, 6.45) is 4.96. The lowest BCUT2D eigenvalue weighted by Gasteiger charge is -2.46. The van der Waals surface area contributed by atoms with E-state index in [9.17, 15) is 4.79 Å². The molecule has 5 nitrogen and oxygen atoms in total. The highest BCUT2D eigenvalue weighted by Gasteiger charge is 2.53. The largest absolute Gasteiger partial charge is 0.491 e. The molecule has 0 aliphatic heterocycles. The number of amides is 1. The Morgan fingerprint density at radius 2 is 1.91 bits per heavy atom. The van der Waals surface area contributed by atoms with Gasteiger partial charge in [-0.3, -0.25) is 4.79 Å². The van der Waals surface area contributed by atoms with Crippen molar-refractivity contribution in [2.75, 3.05) is 20.3 Å². The second-order valence-corrected chi connectivity index (χ2v) is 10.5. The summed E-state index contributed by atoms with van der Waals surface area (Å²) in [5.41, 5.74) is 4.99. The number of nitrogens with one attached hydrogen (secondary N) is 2. The zero-order chi connectivity index (χ0) is 23.4. The van der Waals surface area contributed by atoms with E-state index in [2.05, 4.69) is 52.5 Å². The van der Waals surface area contributed by atoms with Crippen molar-refractivity contribution in [2.45, 2.75) is 64.1 Å². The lowest BCUT2D eigenvalue weighted by atomic mass is 9.69. The third-order valence-electron chi connectivity index (χ3n) is 7.57. The van der Waals surface area contributed by atoms with Crippen LogP contribution in [0.15, 0.2) is 40.9 Å². The van der Waals surface area contributed by atoms with Crippen LogP contribution in [0.1, 0.15) is 47.9 Å². The summed E-state index contributed by atoms with van der Waals surface area (Å²) < 4.78 is 12.0. The number of carbonyl (C=O) groups excluding carboxylic acids is 1. The molecule has 0 heterocycles. The van der Waals surface area contributed by atoms with Gasteiger partial charge in [-0.15, -0.1) is 0 Å². The Labute approximate surface area is 205 Å². The molecule has 0 bridgehead atoms. The third kappa shape index (κ3) is 5.61. The quantitative estimate of drug-likeness (QED) is 0.445. The van der Waals surface area contributed by atoms with Crippen LogP contribution >= 0.6 is 15.9 Å². The fourth-order valence-corrected chi connectivity index (χ4v) is 5.63. The van der Waals surface area contributed by atoms with Gasteiger partial charge >= 0.3 is 0 Å². The normalized spacial score (nSPS) is 23.6. The molecule has 178 valence electrons. The Kier molecular flexibility index (Phi) is 7.77. The maximum atomic E-state index is 12.6. The maximum Gasteiger partial charge on any atom is 0.224 e. The van der Waals surface area contributed by atoms with Crippen LogP contribution in [0.4, 0.5) is 0 Å². The minimum atomic E-state index is 0.120. The highest BCUT2D eigenvalue weighted by Crippen LogP contribution is 2.50. The molecule has 2 aliphatic rings. The van der Waals surface area contributed by atoms with E-state index in [0.29, 0.717) is 25.6 Å². The Morgan fingerprint density at radius 3 is 2.61 bits per heavy atom. The Hall–Kier alpha value is -1.89. The molecule has 1 amide bonds. The Balaban J connectivity index is 1.31. The molecule has 0 spiro atoms. The van der Waals surface area contributed by atoms with E-state index < -0.39 is 0 Å². The molecule has 6 heteroatoms. The van der Waals surface area contributed by atoms with Crippen molar-refractivity contribution in [1.82, 2.24) is 10.6 Å². The molecule has 3 unspecified atom stereocenters. The number of halogens is 1. The van der Waals surface area contributed by atoms with Gasteiger partial charge in [0.05, 0.1) is 13.0 Å². The third-order valence-corrected chi connectivity index (χ3v) is 8.10. The molecule has 3 atom stereocenters. The molecule has 2 N–H and O–H groups in total. The van der Waals surface area contributed by atoms with Crippen LogP contribution in [0, 0.1) is 19.8 Å². The van der Waals surface area contributed by atoms with Crippen molar-refractivity contribution in [3.05, 3.63) is 63.1 Å². The average Bonchev–Trinajstić information content (AvgIpc) is 3.02. The predicted octanol–water partition coefficient (Wildman–Crippen LogP) is 4.85. The summed E-state index contributed by atoms with van der Waals surface area (Å²) in [4.78, 5) is 12.6. The number of benzene rings is 2. The summed E-state index contributed by atoms with van der Waals surface area (Å²) >= 11 is 3.45. The van der Waals surface area contributed by atoms with Gasteiger partial charge in [0.15, 0.2) is 0 Å². The van der Waals surface area contributed by atoms with Crippen molar-refractivity contribution in [2.24, 2.45) is 5.92 Å². The molecule has 4 rings (SSSR count). The summed E-state index contributed by atoms with van der Waals surface area (Å²) in [7, 11) is 1.69. The van der Waals surface area contributed by atoms with Gasteiger partial charge in [-0.25, -0.2) is 0 Å². The topological polar surface area (TPSA) is 59.6 Å². The van der Waals surface area contributed by atoms with Crippen LogP contribution in [0.2, 0.25) is 0 Å². The molecule has 2 fully saturated rings. The van der Waals surface area contributed by atoms with E-state index in [-0.39, 0.29) is 17.5 Å². The molecular weight excluding hydrogens is 480 g/mol. The number of methoxy groups -OCH3 is 1. The number of hydrogen-bond acceptors (Lipinski definition) is 4. The summed E-state index contributed by atoms with van der Waals surface area (Å²) in [5.74, 6) is 1.70. The Bertz CT molecular complexity index is 978. The van der Waals surface area contributed by atoms with Crippen LogP contribution < -0.4 is 15.4 Å². The number of ether oxygens (including phenoxy) is 2. The van der Waals surface area contributed by atoms with Crippen LogP contribution in [0.25, 0.3) is 0 Å². The molecule has 0 saturated heterocycles. The fourth-order valence-electron chi connectivity index (χ4n) is 5.36. The van der Waals surface area contributed by atoms with Gasteiger partial charge in [-0.1, -0.05) is 34.1 Å². The van der Waals surface area contributed by atoms with Crippen molar-refractivity contribution in [3.63, 3.8) is 0 Å². The molecule has 0 aromatic heterocycles. The summed E-state index contributed by atoms with van der Waals surface area (Å²) in [5, 5.41) is 7.19. The second-order valence-electron chi connectivity index (χ2n) is 9.57. The monoisotopic (exact) mass is 514 g/mol. The maximum absolute atomic E-state index is 12.6. The lowest BCUT2D eigenvalue weighted by molar-refractivity contribution is -0.121. The number of carbonyl (C=O) groups is 1. The van der Waals surface area contributed by atoms with Crippen molar-refractivity contribution >= 4 is 21.8 Å². The molecular formula is C27H35BrN2O3. The lowest BCUT2D eigenvalue weighted by Crippen LogP contribution is -2.55. The first-order valence-corrected chi connectivity index (χ1v) is 12.7. The van der Waals surface area contributed by atoms with Crippen LogP contribution in [0.5, 0.6) is 5.75 Å². The highest BCUT2D eigenvalue weighted by atomic mass is 79.9. The first-order chi connectivity index (χ1) is 15.9. The first-order valence-electron chi connectivity index (χ1n) is 11.9. The summed E-state index contributed by atoms with van der Waals surface area (Å²) in [6, 6.07) is 12.5. The minimum Gasteiger partial charge on any atom is -0.491 e. The molecule has 2 aromatic carbocycles. The number of fused-ring (bicyclic) bond motifs is 1. The van der Waals surface area contributed by atoms with Gasteiger partial charge in [0.2, 0.25) is 5.91 Å². The standard InChI is InChI=1S/C27H35BrN2O3/c1-18-19(2)25(33-13-12-32-3)9-6-21(18)17-29-27-11-10-22(27)15-24(16-27)30-26(31)14-20-4-7-23(28)8-5-20/h4-9,22,24,29H,10-17H2,1-3H3,(H,30,31). The smallest absolute Gasteiger partial charge is 0.224 e. The zero-order valence-corrected chi connectivity index (χ0v) is 21.5. The molecule has 33 heavy (non-hydrogen) atoms. The van der Waals surface area contributed by atoms with Crippen molar-refractivity contribution in [3.8, 4) is 5.75 Å². The van der Waals surface area contributed by atoms with Gasteiger partial charge in [0.25, 0.3) is 0 Å². The van der Waals surface area contributed by atoms with Gasteiger partial charge in [0, 0.05) is 29.7 Å². The van der Waals surface area contributed by atoms with Gasteiger partial charge in [-0.05, 0) is 85.9 Å². The fraction of sp³-hybridized carbons (Fsp3) is 0.519. The molecule has 2 aliphatic carbocycles. The molecule has 2 aromatic rings. The van der Waals surface area contributed by atoms with Gasteiger partial charge in [-0.2, -0.15) is 0 Å². The summed E-state index contributed by atoms with van der Waals surface area (Å²) in [6.45, 7) is 6.30. The Morgan fingerprint density at radius 1 is 1.12 bits per heavy atom. The van der Waals surface area contributed by atoms with E-state index in [4.69, 9.17) is 9.47 Å². The van der Waals surface area contributed by atoms with Crippen molar-refractivity contribution < 1.29 is 14.3 Å². The van der Waals surface area contributed by atoms with Gasteiger partial charge in [0.1, 0.15) is 12.4 Å². The van der Waals surface area contributed by atoms with Crippen LogP contribution in [0.3, 0.4) is 0 Å². The predicted molar refractivity (Wildman–Crippen MR) is 135 cm³/mol. The van der Waals surface area contributed by atoms with E-state index >= 15 is 0 Å². The van der Waals surface area contributed by atoms with Crippen LogP contribution in [-0.4, -0.2) is 37.8 Å². The zero-order valence-electron chi connectivity index (χ0n) is 19.9. The minimum absolute atomic E-state index is 0.120. The van der Waals surface area contributed by atoms with E-state index in [1.54, 1.807) is 7.11 Å². The second kappa shape index (κ2) is 10.6. The average molecular weight is 515 g/mol. The van der Waals surface area contributed by atoms with Gasteiger partial charge < -0.3 is 20.1 Å². The SMILES string of the molecule is COCCOc1ccc(CNC23CCC2CC(NC(=O)Cc2ccc(Br)cc2)C3)c(C)c1C. The number of rotatable bonds is 10. The number of hydrogen-bond donors (Lipinski definition) is 2. The van der Waals surface area contributed by atoms with E-state index in [1.807, 2.05) is 24.3 Å². The van der Waals surface area contributed by atoms with E-state index in [0.717, 1.165) is 35.2 Å². The molecule has 2 saturated carbocycles. The van der Waals surface area contributed by atoms with Crippen molar-refractivity contribution in [1.29, 1.82) is 0 Å². The first kappa shape index (κ1) is 24.2. The molecule has 0 radical (unpaired) electrons. The van der Waals surface area contributed by atoms with E-state index in [1.165, 1.54) is 29.5 Å². The highest BCUT2D eigenvalue weighted by molar-refractivity contribution is 9.10.